The fourth-order valence-corrected chi connectivity index (χ4v) is 2.88. The molecule has 0 saturated heterocycles. The molecule has 0 unspecified atom stereocenters. The van der Waals surface area contributed by atoms with Crippen LogP contribution in [0.1, 0.15) is 0 Å². The molecule has 9 heteroatoms. The van der Waals surface area contributed by atoms with Crippen molar-refractivity contribution in [2.45, 2.75) is 0 Å². The van der Waals surface area contributed by atoms with E-state index in [9.17, 15) is 25.2 Å². The Morgan fingerprint density at radius 1 is 0.964 bits per heavy atom. The van der Waals surface area contributed by atoms with Crippen LogP contribution in [0.15, 0.2) is 64.5 Å². The zero-order valence-corrected chi connectivity index (χ0v) is 15.7. The molecule has 5 N–H and O–H groups in total. The molecule has 0 atom stereocenters. The molecule has 7 nitrogen and oxygen atoms in total. The Hall–Kier alpha value is -3.00. The smallest absolute Gasteiger partial charge is 0.206 e. The molecule has 28 heavy (non-hydrogen) atoms. The molecule has 144 valence electrons. The largest absolute Gasteiger partial charge is 0.506 e. The van der Waals surface area contributed by atoms with E-state index in [-0.39, 0.29) is 38.5 Å². The van der Waals surface area contributed by atoms with Crippen LogP contribution in [0.25, 0.3) is 0 Å². The highest BCUT2D eigenvalue weighted by Crippen LogP contribution is 2.31. The highest BCUT2D eigenvalue weighted by Gasteiger charge is 2.27. The number of aliphatic hydroxyl groups is 2. The molecule has 0 spiro atoms. The van der Waals surface area contributed by atoms with Crippen molar-refractivity contribution < 1.29 is 25.2 Å². The molecular weight excluding hydrogens is 407 g/mol. The lowest BCUT2D eigenvalue weighted by Gasteiger charge is -2.20. The van der Waals surface area contributed by atoms with Crippen molar-refractivity contribution in [3.05, 3.63) is 69.5 Å². The first-order chi connectivity index (χ1) is 13.3. The number of aliphatic hydroxyl groups excluding tert-OH is 2. The predicted molar refractivity (Wildman–Crippen MR) is 107 cm³/mol. The van der Waals surface area contributed by atoms with E-state index in [1.807, 2.05) is 0 Å². The van der Waals surface area contributed by atoms with Gasteiger partial charge >= 0.3 is 0 Å². The average molecular weight is 421 g/mol. The second-order valence-electron chi connectivity index (χ2n) is 5.79. The standard InChI is InChI=1S/C19H14Cl2N2O5/c20-12-5-9(1-3-14(12)25)22-18-11(8-24)19(17(28)7-16(18)27)23-10-2-4-15(26)13(21)6-10/h1-7,22,24-26,28H,8H2/b23-19-. The number of carbonyl (C=O) groups excluding carboxylic acids is 1. The van der Waals surface area contributed by atoms with E-state index < -0.39 is 18.1 Å². The summed E-state index contributed by atoms with van der Waals surface area (Å²) in [6, 6.07) is 8.40. The third kappa shape index (κ3) is 3.96. The van der Waals surface area contributed by atoms with Crippen molar-refractivity contribution in [2.24, 2.45) is 4.99 Å². The lowest BCUT2D eigenvalue weighted by molar-refractivity contribution is -0.111. The van der Waals surface area contributed by atoms with Crippen molar-refractivity contribution >= 4 is 46.1 Å². The van der Waals surface area contributed by atoms with Gasteiger partial charge in [0.1, 0.15) is 23.0 Å². The number of nitrogens with one attached hydrogen (secondary N) is 1. The SMILES string of the molecule is O=C1C=C(O)/C(=N\c2ccc(O)c(Cl)c2)C(CO)=C1Nc1ccc(O)c(Cl)c1. The van der Waals surface area contributed by atoms with Crippen LogP contribution in [0.5, 0.6) is 11.5 Å². The van der Waals surface area contributed by atoms with Gasteiger partial charge in [-0.3, -0.25) is 4.79 Å². The zero-order valence-electron chi connectivity index (χ0n) is 14.1. The normalized spacial score (nSPS) is 15.8. The van der Waals surface area contributed by atoms with Gasteiger partial charge in [-0.25, -0.2) is 4.99 Å². The third-order valence-corrected chi connectivity index (χ3v) is 4.50. The molecule has 2 aromatic rings. The summed E-state index contributed by atoms with van der Waals surface area (Å²) in [6.07, 6.45) is 0.963. The van der Waals surface area contributed by atoms with Gasteiger partial charge in [0.25, 0.3) is 0 Å². The fraction of sp³-hybridized carbons (Fsp3) is 0.0526. The molecule has 0 amide bonds. The van der Waals surface area contributed by atoms with Crippen LogP contribution < -0.4 is 5.32 Å². The van der Waals surface area contributed by atoms with Crippen molar-refractivity contribution in [3.8, 4) is 11.5 Å². The van der Waals surface area contributed by atoms with Crippen molar-refractivity contribution in [3.63, 3.8) is 0 Å². The first-order valence-electron chi connectivity index (χ1n) is 7.92. The molecule has 1 aliphatic carbocycles. The lowest BCUT2D eigenvalue weighted by atomic mass is 9.97. The number of hydrogen-bond donors (Lipinski definition) is 5. The molecule has 0 fully saturated rings. The first-order valence-corrected chi connectivity index (χ1v) is 8.68. The van der Waals surface area contributed by atoms with Gasteiger partial charge in [0, 0.05) is 17.3 Å². The summed E-state index contributed by atoms with van der Waals surface area (Å²) in [6.45, 7) is -0.595. The van der Waals surface area contributed by atoms with Crippen LogP contribution in [0.3, 0.4) is 0 Å². The average Bonchev–Trinajstić information content (AvgIpc) is 2.65. The van der Waals surface area contributed by atoms with Crippen LogP contribution in [0.2, 0.25) is 10.0 Å². The summed E-state index contributed by atoms with van der Waals surface area (Å²) in [5.74, 6) is -1.25. The molecule has 1 aliphatic rings. The molecule has 3 rings (SSSR count). The summed E-state index contributed by atoms with van der Waals surface area (Å²) in [5, 5.41) is 42.0. The molecule has 0 saturated carbocycles. The van der Waals surface area contributed by atoms with Gasteiger partial charge in [-0.05, 0) is 36.4 Å². The number of carbonyl (C=O) groups is 1. The molecular formula is C19H14Cl2N2O5. The van der Waals surface area contributed by atoms with Crippen molar-refractivity contribution in [1.82, 2.24) is 0 Å². The maximum atomic E-state index is 12.4. The van der Waals surface area contributed by atoms with Gasteiger partial charge in [0.15, 0.2) is 0 Å². The topological polar surface area (TPSA) is 122 Å². The molecule has 0 radical (unpaired) electrons. The zero-order chi connectivity index (χ0) is 20.4. The lowest BCUT2D eigenvalue weighted by Crippen LogP contribution is -2.25. The van der Waals surface area contributed by atoms with E-state index in [1.165, 1.54) is 36.4 Å². The van der Waals surface area contributed by atoms with Crippen molar-refractivity contribution in [1.29, 1.82) is 0 Å². The summed E-state index contributed by atoms with van der Waals surface area (Å²) < 4.78 is 0. The first kappa shape index (κ1) is 19.8. The molecule has 0 aliphatic heterocycles. The number of aromatic hydroxyl groups is 2. The highest BCUT2D eigenvalue weighted by molar-refractivity contribution is 6.32. The molecule has 0 heterocycles. The highest BCUT2D eigenvalue weighted by atomic mass is 35.5. The van der Waals surface area contributed by atoms with Crippen molar-refractivity contribution in [2.75, 3.05) is 11.9 Å². The Labute approximate surface area is 169 Å². The minimum atomic E-state index is -0.595. The third-order valence-electron chi connectivity index (χ3n) is 3.89. The number of halogens is 2. The Morgan fingerprint density at radius 2 is 1.61 bits per heavy atom. The minimum Gasteiger partial charge on any atom is -0.506 e. The Morgan fingerprint density at radius 3 is 2.21 bits per heavy atom. The number of hydrogen-bond acceptors (Lipinski definition) is 7. The monoisotopic (exact) mass is 420 g/mol. The van der Waals surface area contributed by atoms with E-state index >= 15 is 0 Å². The van der Waals surface area contributed by atoms with E-state index in [0.717, 1.165) is 6.08 Å². The summed E-state index contributed by atoms with van der Waals surface area (Å²) in [7, 11) is 0. The number of ketones is 1. The number of nitrogens with zero attached hydrogens (tertiary/aromatic N) is 1. The summed E-state index contributed by atoms with van der Waals surface area (Å²) >= 11 is 11.7. The quantitative estimate of drug-likeness (QED) is 0.378. The number of phenolic OH excluding ortho intramolecular Hbond substituents is 2. The van der Waals surface area contributed by atoms with E-state index in [2.05, 4.69) is 10.3 Å². The number of aliphatic imine (C=N–C) groups is 1. The van der Waals surface area contributed by atoms with Crippen LogP contribution >= 0.6 is 23.2 Å². The predicted octanol–water partition coefficient (Wildman–Crippen LogP) is 3.86. The van der Waals surface area contributed by atoms with Gasteiger partial charge in [0.05, 0.1) is 28.0 Å². The Bertz CT molecular complexity index is 1060. The molecule has 0 bridgehead atoms. The van der Waals surface area contributed by atoms with E-state index in [0.29, 0.717) is 11.4 Å². The van der Waals surface area contributed by atoms with Gasteiger partial charge < -0.3 is 25.7 Å². The summed E-state index contributed by atoms with van der Waals surface area (Å²) in [5.41, 5.74) is 0.698. The van der Waals surface area contributed by atoms with Crippen LogP contribution in [0.4, 0.5) is 11.4 Å². The van der Waals surface area contributed by atoms with Gasteiger partial charge in [-0.1, -0.05) is 23.2 Å². The Kier molecular flexibility index (Phi) is 5.60. The Balaban J connectivity index is 2.07. The second kappa shape index (κ2) is 7.93. The minimum absolute atomic E-state index is 0.00863. The van der Waals surface area contributed by atoms with Crippen LogP contribution in [-0.4, -0.2) is 38.5 Å². The number of phenols is 2. The van der Waals surface area contributed by atoms with Gasteiger partial charge in [-0.15, -0.1) is 0 Å². The second-order valence-corrected chi connectivity index (χ2v) is 6.61. The number of benzene rings is 2. The summed E-state index contributed by atoms with van der Waals surface area (Å²) in [4.78, 5) is 16.6. The van der Waals surface area contributed by atoms with Gasteiger partial charge in [-0.2, -0.15) is 0 Å². The fourth-order valence-electron chi connectivity index (χ4n) is 2.53. The van der Waals surface area contributed by atoms with Crippen LogP contribution in [0, 0.1) is 0 Å². The maximum absolute atomic E-state index is 12.4. The van der Waals surface area contributed by atoms with Crippen LogP contribution in [-0.2, 0) is 4.79 Å². The van der Waals surface area contributed by atoms with E-state index in [4.69, 9.17) is 23.2 Å². The van der Waals surface area contributed by atoms with Gasteiger partial charge in [0.2, 0.25) is 5.78 Å². The number of anilines is 1. The number of rotatable bonds is 4. The van der Waals surface area contributed by atoms with E-state index in [1.54, 1.807) is 0 Å². The molecule has 2 aromatic carbocycles. The molecule has 0 aromatic heterocycles. The number of allylic oxidation sites excluding steroid dienone is 2. The maximum Gasteiger partial charge on any atom is 0.206 e.